The summed E-state index contributed by atoms with van der Waals surface area (Å²) < 4.78 is 66.2. The highest BCUT2D eigenvalue weighted by molar-refractivity contribution is 7.89. The summed E-state index contributed by atoms with van der Waals surface area (Å²) in [4.78, 5) is 11.8. The number of nitrogen functional groups attached to an aromatic ring is 1. The number of hydrogen-bond acceptors (Lipinski definition) is 6. The van der Waals surface area contributed by atoms with Crippen LogP contribution in [-0.4, -0.2) is 43.8 Å². The Balaban J connectivity index is 2.33. The Hall–Kier alpha value is -2.67. The number of halogens is 3. The van der Waals surface area contributed by atoms with E-state index >= 15 is 0 Å². The van der Waals surface area contributed by atoms with E-state index in [1.54, 1.807) is 0 Å². The number of benzene rings is 2. The number of aliphatic hydroxyl groups excluding tert-OH is 2. The summed E-state index contributed by atoms with van der Waals surface area (Å²) in [5.41, 5.74) is 4.78. The van der Waals surface area contributed by atoms with Gasteiger partial charge in [0.15, 0.2) is 17.5 Å². The topological polar surface area (TPSA) is 142 Å². The summed E-state index contributed by atoms with van der Waals surface area (Å²) >= 11 is 0. The highest BCUT2D eigenvalue weighted by Crippen LogP contribution is 2.22. The van der Waals surface area contributed by atoms with Gasteiger partial charge < -0.3 is 21.3 Å². The number of rotatable bonds is 7. The fourth-order valence-electron chi connectivity index (χ4n) is 2.15. The van der Waals surface area contributed by atoms with Crippen molar-refractivity contribution in [2.75, 3.05) is 24.3 Å². The fraction of sp³-hybridized carbons (Fsp3) is 0.188. The van der Waals surface area contributed by atoms with Crippen molar-refractivity contribution in [3.8, 4) is 0 Å². The van der Waals surface area contributed by atoms with Gasteiger partial charge in [0, 0.05) is 23.4 Å². The molecular weight excluding hydrogens is 403 g/mol. The van der Waals surface area contributed by atoms with Crippen LogP contribution in [0.25, 0.3) is 0 Å². The lowest BCUT2D eigenvalue weighted by Crippen LogP contribution is -2.40. The van der Waals surface area contributed by atoms with Crippen molar-refractivity contribution < 1.29 is 36.6 Å². The van der Waals surface area contributed by atoms with Gasteiger partial charge in [0.2, 0.25) is 10.0 Å². The lowest BCUT2D eigenvalue weighted by Gasteiger charge is -2.15. The summed E-state index contributed by atoms with van der Waals surface area (Å²) in [5, 5.41) is 20.1. The predicted molar refractivity (Wildman–Crippen MR) is 93.4 cm³/mol. The molecule has 0 radical (unpaired) electrons. The molecule has 6 N–H and O–H groups in total. The van der Waals surface area contributed by atoms with E-state index in [1.807, 2.05) is 4.72 Å². The fourth-order valence-corrected chi connectivity index (χ4v) is 3.53. The van der Waals surface area contributed by atoms with Crippen LogP contribution in [0.5, 0.6) is 0 Å². The molecule has 0 spiro atoms. The first-order chi connectivity index (χ1) is 13.1. The average molecular weight is 419 g/mol. The van der Waals surface area contributed by atoms with E-state index in [4.69, 9.17) is 15.9 Å². The minimum absolute atomic E-state index is 0.224. The molecule has 0 aromatic heterocycles. The van der Waals surface area contributed by atoms with Gasteiger partial charge in [-0.3, -0.25) is 4.79 Å². The molecule has 28 heavy (non-hydrogen) atoms. The van der Waals surface area contributed by atoms with Crippen LogP contribution in [0.2, 0.25) is 0 Å². The zero-order chi connectivity index (χ0) is 21.1. The number of nitrogens with two attached hydrogens (primary N) is 1. The number of aliphatic hydroxyl groups is 2. The molecule has 0 bridgehead atoms. The smallest absolute Gasteiger partial charge is 0.255 e. The van der Waals surface area contributed by atoms with Crippen molar-refractivity contribution in [1.82, 2.24) is 4.72 Å². The van der Waals surface area contributed by atoms with Gasteiger partial charge in [-0.05, 0) is 18.2 Å². The summed E-state index contributed by atoms with van der Waals surface area (Å²) in [5.74, 6) is -5.67. The maximum Gasteiger partial charge on any atom is 0.255 e. The highest BCUT2D eigenvalue weighted by atomic mass is 32.2. The van der Waals surface area contributed by atoms with Crippen LogP contribution < -0.4 is 15.8 Å². The van der Waals surface area contributed by atoms with Gasteiger partial charge in [-0.1, -0.05) is 0 Å². The van der Waals surface area contributed by atoms with Gasteiger partial charge in [0.25, 0.3) is 5.91 Å². The van der Waals surface area contributed by atoms with Crippen LogP contribution in [0.4, 0.5) is 24.5 Å². The minimum Gasteiger partial charge on any atom is -0.398 e. The SMILES string of the molecule is Nc1ccc(C(=O)Nc2cc(F)c(F)c(F)c2)cc1S(=O)(=O)NC(CO)CO. The first kappa shape index (κ1) is 21.6. The highest BCUT2D eigenvalue weighted by Gasteiger charge is 2.23. The molecular formula is C16H16F3N3O5S. The molecule has 12 heteroatoms. The molecule has 2 aromatic carbocycles. The second-order valence-corrected chi connectivity index (χ2v) is 7.33. The summed E-state index contributed by atoms with van der Waals surface area (Å²) in [6.07, 6.45) is 0. The van der Waals surface area contributed by atoms with Gasteiger partial charge >= 0.3 is 0 Å². The quantitative estimate of drug-likeness (QED) is 0.328. The molecule has 152 valence electrons. The van der Waals surface area contributed by atoms with Crippen molar-refractivity contribution in [2.24, 2.45) is 0 Å². The molecule has 0 heterocycles. The Morgan fingerprint density at radius 1 is 1.07 bits per heavy atom. The standard InChI is InChI=1S/C16H16F3N3O5S/c17-11-4-9(5-12(18)15(11)19)21-16(25)8-1-2-13(20)14(3-8)28(26,27)22-10(6-23)7-24/h1-5,10,22-24H,6-7,20H2,(H,21,25). The lowest BCUT2D eigenvalue weighted by molar-refractivity contribution is 0.102. The third-order valence-corrected chi connectivity index (χ3v) is 5.15. The molecule has 0 fully saturated rings. The molecule has 0 unspecified atom stereocenters. The average Bonchev–Trinajstić information content (AvgIpc) is 2.64. The van der Waals surface area contributed by atoms with Crippen molar-refractivity contribution in [1.29, 1.82) is 0 Å². The van der Waals surface area contributed by atoms with Crippen molar-refractivity contribution in [3.05, 3.63) is 53.3 Å². The maximum absolute atomic E-state index is 13.2. The molecule has 0 aliphatic carbocycles. The number of hydrogen-bond donors (Lipinski definition) is 5. The zero-order valence-corrected chi connectivity index (χ0v) is 14.9. The Morgan fingerprint density at radius 2 is 1.64 bits per heavy atom. The van der Waals surface area contributed by atoms with Gasteiger partial charge in [0.1, 0.15) is 4.90 Å². The first-order valence-corrected chi connectivity index (χ1v) is 9.16. The van der Waals surface area contributed by atoms with Crippen LogP contribution in [0.3, 0.4) is 0 Å². The molecule has 2 aromatic rings. The predicted octanol–water partition coefficient (Wildman–Crippen LogP) is 0.570. The third-order valence-electron chi connectivity index (χ3n) is 3.57. The molecule has 0 saturated heterocycles. The largest absolute Gasteiger partial charge is 0.398 e. The van der Waals surface area contributed by atoms with Crippen LogP contribution >= 0.6 is 0 Å². The van der Waals surface area contributed by atoms with Crippen LogP contribution in [0.15, 0.2) is 35.2 Å². The van der Waals surface area contributed by atoms with Gasteiger partial charge in [-0.15, -0.1) is 0 Å². The molecule has 1 amide bonds. The monoisotopic (exact) mass is 419 g/mol. The second-order valence-electron chi connectivity index (χ2n) is 5.64. The second kappa shape index (κ2) is 8.56. The number of carbonyl (C=O) groups is 1. The van der Waals surface area contributed by atoms with E-state index in [2.05, 4.69) is 5.32 Å². The number of anilines is 2. The van der Waals surface area contributed by atoms with Crippen molar-refractivity contribution >= 4 is 27.3 Å². The lowest BCUT2D eigenvalue weighted by atomic mass is 10.2. The molecule has 8 nitrogen and oxygen atoms in total. The maximum atomic E-state index is 13.2. The van der Waals surface area contributed by atoms with E-state index in [0.29, 0.717) is 12.1 Å². The van der Waals surface area contributed by atoms with Gasteiger partial charge in [0.05, 0.1) is 24.9 Å². The van der Waals surface area contributed by atoms with E-state index in [1.165, 1.54) is 0 Å². The Morgan fingerprint density at radius 3 is 2.18 bits per heavy atom. The van der Waals surface area contributed by atoms with E-state index in [9.17, 15) is 26.4 Å². The number of nitrogens with one attached hydrogen (secondary N) is 2. The normalized spacial score (nSPS) is 11.6. The number of sulfonamides is 1. The zero-order valence-electron chi connectivity index (χ0n) is 14.1. The molecule has 2 rings (SSSR count). The van der Waals surface area contributed by atoms with Crippen LogP contribution in [0.1, 0.15) is 10.4 Å². The van der Waals surface area contributed by atoms with E-state index in [-0.39, 0.29) is 16.9 Å². The van der Waals surface area contributed by atoms with E-state index < -0.39 is 57.5 Å². The third kappa shape index (κ3) is 4.78. The van der Waals surface area contributed by atoms with Crippen molar-refractivity contribution in [3.63, 3.8) is 0 Å². The van der Waals surface area contributed by atoms with E-state index in [0.717, 1.165) is 18.2 Å². The summed E-state index contributed by atoms with van der Waals surface area (Å²) in [6.45, 7) is -1.37. The van der Waals surface area contributed by atoms with Gasteiger partial charge in [-0.2, -0.15) is 0 Å². The molecule has 0 atom stereocenters. The minimum atomic E-state index is -4.31. The van der Waals surface area contributed by atoms with Crippen LogP contribution in [0, 0.1) is 17.5 Å². The Labute approximate surface area is 157 Å². The molecule has 0 aliphatic heterocycles. The number of amides is 1. The molecule has 0 aliphatic rings. The first-order valence-electron chi connectivity index (χ1n) is 7.68. The Bertz CT molecular complexity index is 974. The van der Waals surface area contributed by atoms with Crippen molar-refractivity contribution in [2.45, 2.75) is 10.9 Å². The summed E-state index contributed by atoms with van der Waals surface area (Å²) in [6, 6.07) is 3.10. The van der Waals surface area contributed by atoms with Gasteiger partial charge in [-0.25, -0.2) is 26.3 Å². The Kier molecular flexibility index (Phi) is 6.61. The van der Waals surface area contributed by atoms with Crippen LogP contribution in [-0.2, 0) is 10.0 Å². The number of carbonyl (C=O) groups excluding carboxylic acids is 1. The summed E-state index contributed by atoms with van der Waals surface area (Å²) in [7, 11) is -4.31. The molecule has 0 saturated carbocycles.